The van der Waals surface area contributed by atoms with Crippen LogP contribution in [-0.2, 0) is 6.54 Å². The van der Waals surface area contributed by atoms with E-state index in [0.717, 1.165) is 17.6 Å². The largest absolute Gasteiger partial charge is 0.379 e. The van der Waals surface area contributed by atoms with Gasteiger partial charge in [-0.15, -0.1) is 0 Å². The number of rotatable bonds is 3. The van der Waals surface area contributed by atoms with E-state index in [1.54, 1.807) is 0 Å². The van der Waals surface area contributed by atoms with E-state index in [9.17, 15) is 0 Å². The molecule has 0 fully saturated rings. The van der Waals surface area contributed by atoms with E-state index in [1.807, 2.05) is 36.8 Å². The quantitative estimate of drug-likeness (QED) is 0.716. The second-order valence-electron chi connectivity index (χ2n) is 3.95. The van der Waals surface area contributed by atoms with Gasteiger partial charge in [-0.25, -0.2) is 0 Å². The number of benzene rings is 1. The maximum atomic E-state index is 4.13. The maximum absolute atomic E-state index is 4.13. The van der Waals surface area contributed by atoms with Crippen molar-refractivity contribution in [1.29, 1.82) is 0 Å². The Morgan fingerprint density at radius 1 is 1.12 bits per heavy atom. The monoisotopic (exact) mass is 223 g/mol. The normalized spacial score (nSPS) is 10.6. The SMILES string of the molecule is c1c[nH]c(CNc2cccc3cnccc23)c1. The van der Waals surface area contributed by atoms with Gasteiger partial charge in [0.1, 0.15) is 0 Å². The molecule has 3 nitrogen and oxygen atoms in total. The van der Waals surface area contributed by atoms with Gasteiger partial charge >= 0.3 is 0 Å². The summed E-state index contributed by atoms with van der Waals surface area (Å²) in [6.07, 6.45) is 5.64. The molecule has 0 bridgehead atoms. The second-order valence-corrected chi connectivity index (χ2v) is 3.95. The highest BCUT2D eigenvalue weighted by molar-refractivity contribution is 5.93. The smallest absolute Gasteiger partial charge is 0.0551 e. The van der Waals surface area contributed by atoms with Gasteiger partial charge in [0.05, 0.1) is 6.54 Å². The first-order valence-electron chi connectivity index (χ1n) is 5.62. The highest BCUT2D eigenvalue weighted by Crippen LogP contribution is 2.22. The molecule has 0 atom stereocenters. The Morgan fingerprint density at radius 2 is 2.12 bits per heavy atom. The lowest BCUT2D eigenvalue weighted by atomic mass is 10.1. The summed E-state index contributed by atoms with van der Waals surface area (Å²) in [6.45, 7) is 0.800. The van der Waals surface area contributed by atoms with Crippen molar-refractivity contribution in [2.75, 3.05) is 5.32 Å². The van der Waals surface area contributed by atoms with Gasteiger partial charge in [-0.3, -0.25) is 4.98 Å². The van der Waals surface area contributed by atoms with Crippen LogP contribution in [0.15, 0.2) is 55.0 Å². The van der Waals surface area contributed by atoms with Gasteiger partial charge < -0.3 is 10.3 Å². The van der Waals surface area contributed by atoms with Crippen LogP contribution in [0.25, 0.3) is 10.8 Å². The maximum Gasteiger partial charge on any atom is 0.0551 e. The molecular weight excluding hydrogens is 210 g/mol. The van der Waals surface area contributed by atoms with Crippen molar-refractivity contribution in [2.24, 2.45) is 0 Å². The van der Waals surface area contributed by atoms with Crippen molar-refractivity contribution >= 4 is 16.5 Å². The first-order valence-corrected chi connectivity index (χ1v) is 5.62. The van der Waals surface area contributed by atoms with E-state index in [2.05, 4.69) is 33.5 Å². The number of nitrogens with one attached hydrogen (secondary N) is 2. The van der Waals surface area contributed by atoms with Crippen LogP contribution in [0, 0.1) is 0 Å². The van der Waals surface area contributed by atoms with Crippen LogP contribution in [0.4, 0.5) is 5.69 Å². The molecule has 2 heterocycles. The number of H-pyrrole nitrogens is 1. The van der Waals surface area contributed by atoms with Crippen molar-refractivity contribution in [3.05, 3.63) is 60.7 Å². The van der Waals surface area contributed by atoms with Crippen molar-refractivity contribution in [1.82, 2.24) is 9.97 Å². The van der Waals surface area contributed by atoms with Gasteiger partial charge in [-0.1, -0.05) is 12.1 Å². The summed E-state index contributed by atoms with van der Waals surface area (Å²) in [5.41, 5.74) is 2.32. The fourth-order valence-electron chi connectivity index (χ4n) is 1.94. The molecular formula is C14H13N3. The summed E-state index contributed by atoms with van der Waals surface area (Å²) in [4.78, 5) is 7.31. The summed E-state index contributed by atoms with van der Waals surface area (Å²) in [5, 5.41) is 5.79. The molecule has 0 amide bonds. The van der Waals surface area contributed by atoms with Crippen molar-refractivity contribution in [3.8, 4) is 0 Å². The Labute approximate surface area is 99.5 Å². The van der Waals surface area contributed by atoms with Gasteiger partial charge in [0, 0.05) is 40.7 Å². The van der Waals surface area contributed by atoms with Crippen molar-refractivity contribution in [2.45, 2.75) is 6.54 Å². The number of hydrogen-bond donors (Lipinski definition) is 2. The minimum absolute atomic E-state index is 0.800. The third kappa shape index (κ3) is 1.99. The first kappa shape index (κ1) is 9.90. The molecule has 2 aromatic heterocycles. The Hall–Kier alpha value is -2.29. The van der Waals surface area contributed by atoms with E-state index in [4.69, 9.17) is 0 Å². The molecule has 3 aromatic rings. The lowest BCUT2D eigenvalue weighted by Crippen LogP contribution is -1.99. The predicted molar refractivity (Wildman–Crippen MR) is 69.9 cm³/mol. The summed E-state index contributed by atoms with van der Waals surface area (Å²) in [6, 6.07) is 12.3. The molecule has 0 aliphatic heterocycles. The van der Waals surface area contributed by atoms with E-state index < -0.39 is 0 Å². The Kier molecular flexibility index (Phi) is 2.50. The van der Waals surface area contributed by atoms with Gasteiger partial charge in [0.15, 0.2) is 0 Å². The Balaban J connectivity index is 1.90. The van der Waals surface area contributed by atoms with Gasteiger partial charge in [0.25, 0.3) is 0 Å². The zero-order valence-electron chi connectivity index (χ0n) is 9.35. The number of hydrogen-bond acceptors (Lipinski definition) is 2. The molecule has 3 rings (SSSR count). The van der Waals surface area contributed by atoms with Crippen LogP contribution < -0.4 is 5.32 Å². The number of pyridine rings is 1. The van der Waals surface area contributed by atoms with Crippen LogP contribution in [0.3, 0.4) is 0 Å². The van der Waals surface area contributed by atoms with Gasteiger partial charge in [0.2, 0.25) is 0 Å². The number of nitrogens with zero attached hydrogens (tertiary/aromatic N) is 1. The molecule has 0 spiro atoms. The molecule has 0 aliphatic rings. The van der Waals surface area contributed by atoms with Crippen LogP contribution in [-0.4, -0.2) is 9.97 Å². The fraction of sp³-hybridized carbons (Fsp3) is 0.0714. The van der Waals surface area contributed by atoms with Crippen LogP contribution in [0.2, 0.25) is 0 Å². The first-order chi connectivity index (χ1) is 8.43. The average molecular weight is 223 g/mol. The zero-order chi connectivity index (χ0) is 11.5. The predicted octanol–water partition coefficient (Wildman–Crippen LogP) is 3.18. The van der Waals surface area contributed by atoms with Gasteiger partial charge in [-0.2, -0.15) is 0 Å². The number of aromatic amines is 1. The van der Waals surface area contributed by atoms with E-state index >= 15 is 0 Å². The van der Waals surface area contributed by atoms with Crippen molar-refractivity contribution in [3.63, 3.8) is 0 Å². The van der Waals surface area contributed by atoms with Crippen LogP contribution in [0.1, 0.15) is 5.69 Å². The van der Waals surface area contributed by atoms with Crippen LogP contribution in [0.5, 0.6) is 0 Å². The van der Waals surface area contributed by atoms with Gasteiger partial charge in [-0.05, 0) is 24.3 Å². The molecule has 0 aliphatic carbocycles. The topological polar surface area (TPSA) is 40.7 Å². The molecule has 3 heteroatoms. The lowest BCUT2D eigenvalue weighted by molar-refractivity contribution is 1.08. The molecule has 0 saturated heterocycles. The standard InChI is InChI=1S/C14H13N3/c1-3-11-9-15-8-6-13(11)14(5-1)17-10-12-4-2-7-16-12/h1-9,16-17H,10H2. The number of aromatic nitrogens is 2. The lowest BCUT2D eigenvalue weighted by Gasteiger charge is -2.08. The van der Waals surface area contributed by atoms with E-state index in [-0.39, 0.29) is 0 Å². The summed E-state index contributed by atoms with van der Waals surface area (Å²) < 4.78 is 0. The summed E-state index contributed by atoms with van der Waals surface area (Å²) in [7, 11) is 0. The molecule has 1 aromatic carbocycles. The van der Waals surface area contributed by atoms with Crippen LogP contribution >= 0.6 is 0 Å². The second kappa shape index (κ2) is 4.29. The number of anilines is 1. The fourth-order valence-corrected chi connectivity index (χ4v) is 1.94. The molecule has 17 heavy (non-hydrogen) atoms. The number of fused-ring (bicyclic) bond motifs is 1. The van der Waals surface area contributed by atoms with E-state index in [1.165, 1.54) is 11.1 Å². The van der Waals surface area contributed by atoms with E-state index in [0.29, 0.717) is 0 Å². The Morgan fingerprint density at radius 3 is 3.00 bits per heavy atom. The molecule has 0 saturated carbocycles. The molecule has 0 radical (unpaired) electrons. The summed E-state index contributed by atoms with van der Waals surface area (Å²) in [5.74, 6) is 0. The zero-order valence-corrected chi connectivity index (χ0v) is 9.35. The minimum Gasteiger partial charge on any atom is -0.379 e. The highest BCUT2D eigenvalue weighted by atomic mass is 14.9. The average Bonchev–Trinajstić information content (AvgIpc) is 2.89. The van der Waals surface area contributed by atoms with Crippen molar-refractivity contribution < 1.29 is 0 Å². The molecule has 84 valence electrons. The minimum atomic E-state index is 0.800. The third-order valence-corrected chi connectivity index (χ3v) is 2.81. The molecule has 2 N–H and O–H groups in total. The third-order valence-electron chi connectivity index (χ3n) is 2.81. The highest BCUT2D eigenvalue weighted by Gasteiger charge is 2.00. The Bertz CT molecular complexity index is 609. The summed E-state index contributed by atoms with van der Waals surface area (Å²) >= 11 is 0. The molecule has 0 unspecified atom stereocenters.